The second-order valence-corrected chi connectivity index (χ2v) is 4.13. The van der Waals surface area contributed by atoms with Crippen LogP contribution in [0, 0.1) is 5.82 Å². The van der Waals surface area contributed by atoms with E-state index < -0.39 is 11.7 Å². The molecule has 98 valence electrons. The minimum atomic E-state index is -0.542. The van der Waals surface area contributed by atoms with Crippen LogP contribution in [0.15, 0.2) is 36.8 Å². The highest BCUT2D eigenvalue weighted by molar-refractivity contribution is 6.30. The molecule has 0 aliphatic rings. The summed E-state index contributed by atoms with van der Waals surface area (Å²) in [6.45, 7) is 0.281. The molecule has 0 radical (unpaired) electrons. The van der Waals surface area contributed by atoms with E-state index in [2.05, 4.69) is 9.97 Å². The molecule has 0 aliphatic carbocycles. The molecular formula is C13H10ClFN2O2. The van der Waals surface area contributed by atoms with E-state index in [0.717, 1.165) is 0 Å². The Balaban J connectivity index is 2.45. The van der Waals surface area contributed by atoms with E-state index in [9.17, 15) is 9.18 Å². The Bertz CT molecular complexity index is 535. The highest BCUT2D eigenvalue weighted by Crippen LogP contribution is 2.30. The van der Waals surface area contributed by atoms with E-state index in [1.54, 1.807) is 18.2 Å². The summed E-state index contributed by atoms with van der Waals surface area (Å²) in [7, 11) is 0. The molecule has 4 nitrogen and oxygen atoms in total. The first-order valence-electron chi connectivity index (χ1n) is 5.49. The zero-order chi connectivity index (χ0) is 13.7. The van der Waals surface area contributed by atoms with Crippen molar-refractivity contribution in [1.82, 2.24) is 9.97 Å². The van der Waals surface area contributed by atoms with E-state index in [-0.39, 0.29) is 11.8 Å². The molecule has 1 aromatic heterocycles. The van der Waals surface area contributed by atoms with Crippen molar-refractivity contribution < 1.29 is 13.9 Å². The first-order chi connectivity index (χ1) is 9.24. The van der Waals surface area contributed by atoms with Crippen LogP contribution in [0.25, 0.3) is 0 Å². The fourth-order valence-electron chi connectivity index (χ4n) is 1.80. The molecule has 1 unspecified atom stereocenters. The molecule has 1 atom stereocenters. The molecule has 0 N–H and O–H groups in total. The second-order valence-electron chi connectivity index (χ2n) is 3.77. The van der Waals surface area contributed by atoms with Gasteiger partial charge in [-0.15, -0.1) is 0 Å². The topological polar surface area (TPSA) is 52.1 Å². The van der Waals surface area contributed by atoms with Crippen LogP contribution in [-0.2, 0) is 9.53 Å². The predicted molar refractivity (Wildman–Crippen MR) is 67.3 cm³/mol. The van der Waals surface area contributed by atoms with E-state index in [1.165, 1.54) is 18.6 Å². The molecule has 0 bridgehead atoms. The smallest absolute Gasteiger partial charge is 0.293 e. The Hall–Kier alpha value is -2.01. The molecule has 0 saturated heterocycles. The molecule has 6 heteroatoms. The van der Waals surface area contributed by atoms with Gasteiger partial charge in [-0.1, -0.05) is 29.8 Å². The Kier molecular flexibility index (Phi) is 4.41. The average molecular weight is 281 g/mol. The van der Waals surface area contributed by atoms with Gasteiger partial charge in [0.1, 0.15) is 23.9 Å². The van der Waals surface area contributed by atoms with Crippen LogP contribution in [0.3, 0.4) is 0 Å². The standard InChI is InChI=1S/C13H10ClFN2O2/c14-13-10(5-16-7-17-13)11(6-19-8-18)9-3-1-2-4-12(9)15/h1-5,7-8,11H,6H2. The number of hydrogen-bond acceptors (Lipinski definition) is 4. The minimum absolute atomic E-state index is 0.0302. The number of carbonyl (C=O) groups is 1. The van der Waals surface area contributed by atoms with Crippen LogP contribution in [0.4, 0.5) is 4.39 Å². The molecule has 0 spiro atoms. The zero-order valence-electron chi connectivity index (χ0n) is 9.79. The minimum Gasteiger partial charge on any atom is -0.467 e. The Labute approximate surface area is 114 Å². The summed E-state index contributed by atoms with van der Waals surface area (Å²) in [6, 6.07) is 6.22. The maximum absolute atomic E-state index is 13.9. The summed E-state index contributed by atoms with van der Waals surface area (Å²) >= 11 is 5.98. The molecule has 19 heavy (non-hydrogen) atoms. The van der Waals surface area contributed by atoms with Crippen LogP contribution in [0.5, 0.6) is 0 Å². The molecule has 1 heterocycles. The monoisotopic (exact) mass is 280 g/mol. The fraction of sp³-hybridized carbons (Fsp3) is 0.154. The summed E-state index contributed by atoms with van der Waals surface area (Å²) in [4.78, 5) is 18.1. The lowest BCUT2D eigenvalue weighted by atomic mass is 9.93. The number of hydrogen-bond donors (Lipinski definition) is 0. The van der Waals surface area contributed by atoms with E-state index >= 15 is 0 Å². The van der Waals surface area contributed by atoms with Crippen LogP contribution in [0.1, 0.15) is 17.0 Å². The van der Waals surface area contributed by atoms with Gasteiger partial charge in [-0.25, -0.2) is 14.4 Å². The van der Waals surface area contributed by atoms with Crippen molar-refractivity contribution in [2.75, 3.05) is 6.61 Å². The maximum Gasteiger partial charge on any atom is 0.293 e. The lowest BCUT2D eigenvalue weighted by molar-refractivity contribution is -0.128. The number of benzene rings is 1. The van der Waals surface area contributed by atoms with Gasteiger partial charge in [0.05, 0.1) is 5.92 Å². The summed E-state index contributed by atoms with van der Waals surface area (Å²) in [5.74, 6) is -0.943. The van der Waals surface area contributed by atoms with E-state index in [4.69, 9.17) is 16.3 Å². The SMILES string of the molecule is O=COCC(c1ccccc1F)c1cncnc1Cl. The molecule has 1 aromatic carbocycles. The third-order valence-electron chi connectivity index (χ3n) is 2.68. The predicted octanol–water partition coefficient (Wildman–Crippen LogP) is 2.57. The summed E-state index contributed by atoms with van der Waals surface area (Å²) in [6.07, 6.45) is 2.78. The number of rotatable bonds is 5. The molecular weight excluding hydrogens is 271 g/mol. The molecule has 0 aliphatic heterocycles. The quantitative estimate of drug-likeness (QED) is 0.624. The number of ether oxygens (including phenoxy) is 1. The molecule has 0 fully saturated rings. The largest absolute Gasteiger partial charge is 0.467 e. The Morgan fingerprint density at radius 2 is 2.16 bits per heavy atom. The van der Waals surface area contributed by atoms with Crippen molar-refractivity contribution in [2.24, 2.45) is 0 Å². The number of carbonyl (C=O) groups excluding carboxylic acids is 1. The van der Waals surface area contributed by atoms with Gasteiger partial charge in [-0.05, 0) is 11.6 Å². The van der Waals surface area contributed by atoms with Gasteiger partial charge in [0.2, 0.25) is 0 Å². The van der Waals surface area contributed by atoms with Gasteiger partial charge in [-0.2, -0.15) is 0 Å². The van der Waals surface area contributed by atoms with Gasteiger partial charge in [0.25, 0.3) is 6.47 Å². The van der Waals surface area contributed by atoms with E-state index in [0.29, 0.717) is 17.6 Å². The normalized spacial score (nSPS) is 11.9. The number of nitrogens with zero attached hydrogens (tertiary/aromatic N) is 2. The zero-order valence-corrected chi connectivity index (χ0v) is 10.5. The van der Waals surface area contributed by atoms with Crippen molar-refractivity contribution in [2.45, 2.75) is 5.92 Å². The Morgan fingerprint density at radius 1 is 1.37 bits per heavy atom. The van der Waals surface area contributed by atoms with Gasteiger partial charge < -0.3 is 4.74 Å². The lowest BCUT2D eigenvalue weighted by Crippen LogP contribution is -2.12. The van der Waals surface area contributed by atoms with Gasteiger partial charge in [0.15, 0.2) is 0 Å². The molecule has 2 rings (SSSR count). The van der Waals surface area contributed by atoms with Crippen LogP contribution in [0.2, 0.25) is 5.15 Å². The molecule has 2 aromatic rings. The third-order valence-corrected chi connectivity index (χ3v) is 2.99. The summed E-state index contributed by atoms with van der Waals surface area (Å²) in [5, 5.41) is 0.206. The lowest BCUT2D eigenvalue weighted by Gasteiger charge is -2.17. The first-order valence-corrected chi connectivity index (χ1v) is 5.87. The van der Waals surface area contributed by atoms with Gasteiger partial charge >= 0.3 is 0 Å². The first kappa shape index (κ1) is 13.4. The van der Waals surface area contributed by atoms with Crippen LogP contribution in [-0.4, -0.2) is 23.0 Å². The Morgan fingerprint density at radius 3 is 2.84 bits per heavy atom. The highest BCUT2D eigenvalue weighted by Gasteiger charge is 2.21. The van der Waals surface area contributed by atoms with Crippen molar-refractivity contribution in [3.8, 4) is 0 Å². The van der Waals surface area contributed by atoms with Gasteiger partial charge in [-0.3, -0.25) is 4.79 Å². The molecule has 0 amide bonds. The summed E-state index contributed by atoms with van der Waals surface area (Å²) < 4.78 is 18.6. The van der Waals surface area contributed by atoms with Crippen molar-refractivity contribution >= 4 is 18.1 Å². The van der Waals surface area contributed by atoms with Crippen molar-refractivity contribution in [3.05, 3.63) is 58.9 Å². The van der Waals surface area contributed by atoms with Crippen LogP contribution >= 0.6 is 11.6 Å². The van der Waals surface area contributed by atoms with Crippen molar-refractivity contribution in [1.29, 1.82) is 0 Å². The fourth-order valence-corrected chi connectivity index (χ4v) is 2.02. The van der Waals surface area contributed by atoms with Gasteiger partial charge in [0, 0.05) is 11.8 Å². The number of halogens is 2. The third kappa shape index (κ3) is 3.06. The summed E-state index contributed by atoms with van der Waals surface area (Å²) in [5.41, 5.74) is 0.886. The van der Waals surface area contributed by atoms with Crippen LogP contribution < -0.4 is 0 Å². The van der Waals surface area contributed by atoms with Crippen molar-refractivity contribution in [3.63, 3.8) is 0 Å². The number of aromatic nitrogens is 2. The highest BCUT2D eigenvalue weighted by atomic mass is 35.5. The maximum atomic E-state index is 13.9. The molecule has 0 saturated carbocycles. The average Bonchev–Trinajstić information content (AvgIpc) is 2.42. The van der Waals surface area contributed by atoms with E-state index in [1.807, 2.05) is 0 Å². The second kappa shape index (κ2) is 6.24.